The molecule has 0 radical (unpaired) electrons. The summed E-state index contributed by atoms with van der Waals surface area (Å²) >= 11 is 0. The van der Waals surface area contributed by atoms with Crippen LogP contribution in [0.5, 0.6) is 0 Å². The van der Waals surface area contributed by atoms with Crippen LogP contribution in [-0.4, -0.2) is 33.0 Å². The summed E-state index contributed by atoms with van der Waals surface area (Å²) in [6.45, 7) is 10.4. The Kier molecular flexibility index (Phi) is 7.40. The maximum absolute atomic E-state index is 13.4. The second kappa shape index (κ2) is 10.6. The van der Waals surface area contributed by atoms with E-state index in [4.69, 9.17) is 4.98 Å². The van der Waals surface area contributed by atoms with E-state index >= 15 is 0 Å². The lowest BCUT2D eigenvalue weighted by atomic mass is 10.1. The zero-order valence-corrected chi connectivity index (χ0v) is 20.4. The minimum Gasteiger partial charge on any atom is -0.370 e. The minimum atomic E-state index is -0.275. The number of H-pyrrole nitrogens is 1. The molecule has 5 rings (SSSR count). The Morgan fingerprint density at radius 3 is 2.44 bits per heavy atom. The molecule has 1 saturated heterocycles. The average Bonchev–Trinajstić information content (AvgIpc) is 3.31. The summed E-state index contributed by atoms with van der Waals surface area (Å²) in [5, 5.41) is 4.65. The lowest BCUT2D eigenvalue weighted by molar-refractivity contribution is 0.579. The molecular formula is C27H33FN6. The molecule has 178 valence electrons. The quantitative estimate of drug-likeness (QED) is 0.334. The van der Waals surface area contributed by atoms with Crippen LogP contribution in [0.25, 0.3) is 22.4 Å². The first-order valence-corrected chi connectivity index (χ1v) is 12.2. The van der Waals surface area contributed by atoms with E-state index in [2.05, 4.69) is 45.2 Å². The van der Waals surface area contributed by atoms with E-state index < -0.39 is 0 Å². The van der Waals surface area contributed by atoms with Gasteiger partial charge in [0.1, 0.15) is 17.3 Å². The molecule has 0 bridgehead atoms. The minimum absolute atomic E-state index is 0.241. The van der Waals surface area contributed by atoms with Gasteiger partial charge in [0.05, 0.1) is 16.8 Å². The average molecular weight is 461 g/mol. The van der Waals surface area contributed by atoms with Gasteiger partial charge in [-0.15, -0.1) is 0 Å². The van der Waals surface area contributed by atoms with Crippen LogP contribution in [0.15, 0.2) is 48.9 Å². The van der Waals surface area contributed by atoms with Gasteiger partial charge in [-0.25, -0.2) is 19.3 Å². The lowest BCUT2D eigenvalue weighted by Crippen LogP contribution is -2.29. The second-order valence-electron chi connectivity index (χ2n) is 8.59. The van der Waals surface area contributed by atoms with Gasteiger partial charge in [0.2, 0.25) is 0 Å². The number of benzene rings is 1. The van der Waals surface area contributed by atoms with E-state index in [1.807, 2.05) is 26.1 Å². The Morgan fingerprint density at radius 1 is 1.00 bits per heavy atom. The molecule has 7 heteroatoms. The van der Waals surface area contributed by atoms with Crippen LogP contribution in [0.2, 0.25) is 0 Å². The maximum atomic E-state index is 13.4. The first-order valence-electron chi connectivity index (χ1n) is 12.2. The highest BCUT2D eigenvalue weighted by Gasteiger charge is 2.19. The number of hydrogen-bond donors (Lipinski definition) is 2. The predicted molar refractivity (Wildman–Crippen MR) is 138 cm³/mol. The summed E-state index contributed by atoms with van der Waals surface area (Å²) in [6, 6.07) is 8.26. The molecule has 1 aliphatic rings. The Bertz CT molecular complexity index is 1230. The third-order valence-corrected chi connectivity index (χ3v) is 6.04. The Hall–Kier alpha value is -3.48. The summed E-state index contributed by atoms with van der Waals surface area (Å²) in [5.41, 5.74) is 4.79. The summed E-state index contributed by atoms with van der Waals surface area (Å²) < 4.78 is 13.4. The number of fused-ring (bicyclic) bond motifs is 1. The van der Waals surface area contributed by atoms with Gasteiger partial charge in [-0.1, -0.05) is 27.7 Å². The fourth-order valence-corrected chi connectivity index (χ4v) is 4.31. The van der Waals surface area contributed by atoms with E-state index in [9.17, 15) is 4.39 Å². The van der Waals surface area contributed by atoms with E-state index in [1.165, 1.54) is 37.1 Å². The fraction of sp³-hybridized carbons (Fsp3) is 0.370. The molecule has 1 fully saturated rings. The topological polar surface area (TPSA) is 69.7 Å². The maximum Gasteiger partial charge on any atom is 0.161 e. The standard InChI is InChI=1S/C25H27FN6.C2H6/c1-16(2)19-14-28-23(17-6-8-18(26)9-7-17)31-24(19)30-20-10-11-27-25-22(20)21(15-29-25)32-12-4-3-5-13-32;1-2/h6-11,14-16H,3-5,12-13H2,1-2H3,(H2,27,28,29,30,31);1-2H3. The van der Waals surface area contributed by atoms with Crippen molar-refractivity contribution in [2.75, 3.05) is 23.3 Å². The number of halogens is 1. The van der Waals surface area contributed by atoms with E-state index in [0.29, 0.717) is 5.82 Å². The zero-order valence-electron chi connectivity index (χ0n) is 20.4. The van der Waals surface area contributed by atoms with Gasteiger partial charge >= 0.3 is 0 Å². The van der Waals surface area contributed by atoms with Gasteiger partial charge < -0.3 is 15.2 Å². The summed E-state index contributed by atoms with van der Waals surface area (Å²) in [4.78, 5) is 19.7. The number of anilines is 3. The Balaban J connectivity index is 0.00000133. The van der Waals surface area contributed by atoms with Crippen LogP contribution >= 0.6 is 0 Å². The van der Waals surface area contributed by atoms with E-state index in [0.717, 1.165) is 46.8 Å². The summed E-state index contributed by atoms with van der Waals surface area (Å²) in [7, 11) is 0. The number of rotatable bonds is 5. The van der Waals surface area contributed by atoms with E-state index in [-0.39, 0.29) is 11.7 Å². The van der Waals surface area contributed by atoms with Crippen molar-refractivity contribution >= 4 is 28.2 Å². The molecule has 0 spiro atoms. The van der Waals surface area contributed by atoms with Crippen LogP contribution in [-0.2, 0) is 0 Å². The first kappa shape index (κ1) is 23.7. The second-order valence-corrected chi connectivity index (χ2v) is 8.59. The SMILES string of the molecule is CC.CC(C)c1cnc(-c2ccc(F)cc2)nc1Nc1ccnc2[nH]cc(N3CCCCC3)c12. The number of aromatic amines is 1. The third kappa shape index (κ3) is 4.88. The number of pyridine rings is 1. The van der Waals surface area contributed by atoms with Crippen molar-refractivity contribution in [1.29, 1.82) is 0 Å². The largest absolute Gasteiger partial charge is 0.370 e. The Morgan fingerprint density at radius 2 is 1.74 bits per heavy atom. The molecule has 0 unspecified atom stereocenters. The van der Waals surface area contributed by atoms with Crippen molar-refractivity contribution < 1.29 is 4.39 Å². The van der Waals surface area contributed by atoms with Crippen molar-refractivity contribution in [2.45, 2.75) is 52.9 Å². The molecular weight excluding hydrogens is 427 g/mol. The molecule has 6 nitrogen and oxygen atoms in total. The molecule has 0 amide bonds. The highest BCUT2D eigenvalue weighted by atomic mass is 19.1. The molecule has 3 aromatic heterocycles. The number of hydrogen-bond acceptors (Lipinski definition) is 5. The highest BCUT2D eigenvalue weighted by Crippen LogP contribution is 2.36. The smallest absolute Gasteiger partial charge is 0.161 e. The van der Waals surface area contributed by atoms with E-state index in [1.54, 1.807) is 18.3 Å². The van der Waals surface area contributed by atoms with Crippen LogP contribution in [0, 0.1) is 5.82 Å². The van der Waals surface area contributed by atoms with Crippen LogP contribution < -0.4 is 10.2 Å². The molecule has 2 N–H and O–H groups in total. The molecule has 1 aliphatic heterocycles. The number of nitrogens with zero attached hydrogens (tertiary/aromatic N) is 4. The lowest BCUT2D eigenvalue weighted by Gasteiger charge is -2.28. The van der Waals surface area contributed by atoms with Gasteiger partial charge in [-0.05, 0) is 55.5 Å². The van der Waals surface area contributed by atoms with Gasteiger partial charge in [0.15, 0.2) is 5.82 Å². The number of nitrogens with one attached hydrogen (secondary N) is 2. The number of aromatic nitrogens is 4. The highest BCUT2D eigenvalue weighted by molar-refractivity contribution is 6.01. The molecule has 4 aromatic rings. The monoisotopic (exact) mass is 460 g/mol. The van der Waals surface area contributed by atoms with Crippen molar-refractivity contribution in [3.8, 4) is 11.4 Å². The van der Waals surface area contributed by atoms with Gasteiger partial charge in [0, 0.05) is 42.8 Å². The van der Waals surface area contributed by atoms with Crippen LogP contribution in [0.4, 0.5) is 21.6 Å². The normalized spacial score (nSPS) is 13.6. The van der Waals surface area contributed by atoms with Gasteiger partial charge in [-0.2, -0.15) is 0 Å². The zero-order chi connectivity index (χ0) is 24.1. The van der Waals surface area contributed by atoms with Gasteiger partial charge in [0.25, 0.3) is 0 Å². The molecule has 0 saturated carbocycles. The van der Waals surface area contributed by atoms with Crippen molar-refractivity contribution in [3.63, 3.8) is 0 Å². The first-order chi connectivity index (χ1) is 16.6. The van der Waals surface area contributed by atoms with Crippen LogP contribution in [0.3, 0.4) is 0 Å². The third-order valence-electron chi connectivity index (χ3n) is 6.04. The molecule has 0 atom stereocenters. The predicted octanol–water partition coefficient (Wildman–Crippen LogP) is 7.04. The van der Waals surface area contributed by atoms with Crippen molar-refractivity contribution in [3.05, 3.63) is 60.3 Å². The summed E-state index contributed by atoms with van der Waals surface area (Å²) in [6.07, 6.45) is 9.42. The van der Waals surface area contributed by atoms with Crippen LogP contribution in [0.1, 0.15) is 58.4 Å². The summed E-state index contributed by atoms with van der Waals surface area (Å²) in [5.74, 6) is 1.29. The Labute approximate surface area is 200 Å². The molecule has 34 heavy (non-hydrogen) atoms. The molecule has 1 aromatic carbocycles. The molecule has 4 heterocycles. The van der Waals surface area contributed by atoms with Crippen molar-refractivity contribution in [2.24, 2.45) is 0 Å². The van der Waals surface area contributed by atoms with Gasteiger partial charge in [-0.3, -0.25) is 0 Å². The van der Waals surface area contributed by atoms with Crippen molar-refractivity contribution in [1.82, 2.24) is 19.9 Å². The molecule has 0 aliphatic carbocycles. The number of piperidine rings is 1. The fourth-order valence-electron chi connectivity index (χ4n) is 4.31.